The molecule has 0 saturated carbocycles. The van der Waals surface area contributed by atoms with Crippen LogP contribution in [0.2, 0.25) is 0 Å². The highest BCUT2D eigenvalue weighted by Crippen LogP contribution is 2.36. The Morgan fingerprint density at radius 3 is 2.81 bits per heavy atom. The molecule has 1 unspecified atom stereocenters. The number of hydrogen-bond donors (Lipinski definition) is 2. The minimum absolute atomic E-state index is 0.120. The number of anilines is 1. The highest BCUT2D eigenvalue weighted by molar-refractivity contribution is 7.92. The number of phenols is 1. The van der Waals surface area contributed by atoms with Gasteiger partial charge in [0.1, 0.15) is 5.75 Å². The molecule has 0 fully saturated rings. The van der Waals surface area contributed by atoms with Gasteiger partial charge < -0.3 is 10.4 Å². The van der Waals surface area contributed by atoms with E-state index in [1.807, 2.05) is 6.07 Å². The summed E-state index contributed by atoms with van der Waals surface area (Å²) >= 11 is 0. The maximum atomic E-state index is 12.7. The Morgan fingerprint density at radius 2 is 2.04 bits per heavy atom. The van der Waals surface area contributed by atoms with Crippen molar-refractivity contribution in [3.63, 3.8) is 0 Å². The van der Waals surface area contributed by atoms with E-state index < -0.39 is 10.0 Å². The number of amides is 1. The lowest BCUT2D eigenvalue weighted by Crippen LogP contribution is -2.28. The zero-order chi connectivity index (χ0) is 18.5. The summed E-state index contributed by atoms with van der Waals surface area (Å²) in [4.78, 5) is 12.7. The molecule has 0 spiro atoms. The molecule has 4 rings (SSSR count). The highest BCUT2D eigenvalue weighted by Gasteiger charge is 2.29. The summed E-state index contributed by atoms with van der Waals surface area (Å²) in [5.41, 5.74) is 3.90. The molecule has 0 bridgehead atoms. The first kappa shape index (κ1) is 16.9. The maximum Gasteiger partial charge on any atom is 0.251 e. The van der Waals surface area contributed by atoms with Crippen LogP contribution in [0.3, 0.4) is 0 Å². The molecule has 1 atom stereocenters. The van der Waals surface area contributed by atoms with Crippen LogP contribution in [0.1, 0.15) is 39.5 Å². The normalized spacial score (nSPS) is 18.5. The van der Waals surface area contributed by atoms with Gasteiger partial charge in [0.05, 0.1) is 18.0 Å². The van der Waals surface area contributed by atoms with Crippen molar-refractivity contribution in [2.75, 3.05) is 17.1 Å². The van der Waals surface area contributed by atoms with Crippen LogP contribution in [0.4, 0.5) is 5.69 Å². The molecule has 1 aliphatic heterocycles. The van der Waals surface area contributed by atoms with Crippen LogP contribution >= 0.6 is 0 Å². The van der Waals surface area contributed by atoms with Gasteiger partial charge in [0.15, 0.2) is 0 Å². The van der Waals surface area contributed by atoms with Crippen LogP contribution in [0.25, 0.3) is 0 Å². The number of rotatable bonds is 3. The minimum atomic E-state index is -3.30. The first-order valence-corrected chi connectivity index (χ1v) is 10.4. The van der Waals surface area contributed by atoms with E-state index >= 15 is 0 Å². The molecule has 2 N–H and O–H groups in total. The van der Waals surface area contributed by atoms with Gasteiger partial charge in [-0.2, -0.15) is 0 Å². The molecule has 26 heavy (non-hydrogen) atoms. The molecular weight excluding hydrogens is 352 g/mol. The Kier molecular flexibility index (Phi) is 3.91. The van der Waals surface area contributed by atoms with Gasteiger partial charge >= 0.3 is 0 Å². The second-order valence-corrected chi connectivity index (χ2v) is 8.75. The number of fused-ring (bicyclic) bond motifs is 2. The number of hydrogen-bond acceptors (Lipinski definition) is 4. The van der Waals surface area contributed by atoms with E-state index in [0.29, 0.717) is 24.2 Å². The SMILES string of the molecule is CS(=O)(=O)N1CCc2cc(C(=O)NC3CCc4c(O)cccc43)ccc21. The molecular formula is C19H20N2O4S. The van der Waals surface area contributed by atoms with Crippen LogP contribution in [0.5, 0.6) is 5.75 Å². The number of aromatic hydroxyl groups is 1. The third-order valence-electron chi connectivity index (χ3n) is 5.15. The summed E-state index contributed by atoms with van der Waals surface area (Å²) in [5, 5.41) is 13.0. The Morgan fingerprint density at radius 1 is 1.23 bits per heavy atom. The number of sulfonamides is 1. The van der Waals surface area contributed by atoms with E-state index in [1.165, 1.54) is 10.6 Å². The summed E-state index contributed by atoms with van der Waals surface area (Å²) in [6, 6.07) is 10.4. The number of nitrogens with one attached hydrogen (secondary N) is 1. The van der Waals surface area contributed by atoms with Crippen LogP contribution in [0, 0.1) is 0 Å². The Bertz CT molecular complexity index is 1000. The first-order valence-electron chi connectivity index (χ1n) is 8.57. The van der Waals surface area contributed by atoms with Gasteiger partial charge in [0, 0.05) is 12.1 Å². The minimum Gasteiger partial charge on any atom is -0.508 e. The van der Waals surface area contributed by atoms with Crippen LogP contribution in [-0.4, -0.2) is 32.2 Å². The van der Waals surface area contributed by atoms with Gasteiger partial charge in [0.25, 0.3) is 5.91 Å². The van der Waals surface area contributed by atoms with Crippen molar-refractivity contribution in [2.24, 2.45) is 0 Å². The summed E-state index contributed by atoms with van der Waals surface area (Å²) in [5.74, 6) is 0.0874. The van der Waals surface area contributed by atoms with E-state index in [2.05, 4.69) is 5.32 Å². The zero-order valence-corrected chi connectivity index (χ0v) is 15.2. The molecule has 2 aromatic rings. The molecule has 7 heteroatoms. The van der Waals surface area contributed by atoms with Crippen LogP contribution in [0.15, 0.2) is 36.4 Å². The molecule has 2 aromatic carbocycles. The van der Waals surface area contributed by atoms with Crippen molar-refractivity contribution in [1.82, 2.24) is 5.32 Å². The topological polar surface area (TPSA) is 86.7 Å². The van der Waals surface area contributed by atoms with E-state index in [9.17, 15) is 18.3 Å². The standard InChI is InChI=1S/C19H20N2O4S/c1-26(24,25)21-10-9-12-11-13(5-8-17(12)21)19(23)20-16-7-6-15-14(16)3-2-4-18(15)22/h2-5,8,11,16,22H,6-7,9-10H2,1H3,(H,20,23). The molecule has 1 amide bonds. The maximum absolute atomic E-state index is 12.7. The number of benzene rings is 2. The Labute approximate surface area is 152 Å². The van der Waals surface area contributed by atoms with E-state index in [4.69, 9.17) is 0 Å². The molecule has 2 aliphatic rings. The highest BCUT2D eigenvalue weighted by atomic mass is 32.2. The van der Waals surface area contributed by atoms with Gasteiger partial charge in [-0.25, -0.2) is 8.42 Å². The molecule has 1 aliphatic carbocycles. The Balaban J connectivity index is 1.55. The first-order chi connectivity index (χ1) is 12.3. The molecule has 136 valence electrons. The molecule has 0 saturated heterocycles. The number of carbonyl (C=O) groups is 1. The summed E-state index contributed by atoms with van der Waals surface area (Å²) in [6.07, 6.45) is 3.28. The lowest BCUT2D eigenvalue weighted by Gasteiger charge is -2.17. The van der Waals surface area contributed by atoms with Crippen molar-refractivity contribution in [3.8, 4) is 5.75 Å². The van der Waals surface area contributed by atoms with Gasteiger partial charge in [-0.05, 0) is 60.2 Å². The number of carbonyl (C=O) groups excluding carboxylic acids is 1. The van der Waals surface area contributed by atoms with E-state index in [0.717, 1.165) is 29.5 Å². The fourth-order valence-corrected chi connectivity index (χ4v) is 4.84. The number of nitrogens with zero attached hydrogens (tertiary/aromatic N) is 1. The molecule has 1 heterocycles. The lowest BCUT2D eigenvalue weighted by atomic mass is 10.1. The van der Waals surface area contributed by atoms with Crippen molar-refractivity contribution >= 4 is 21.6 Å². The zero-order valence-electron chi connectivity index (χ0n) is 14.4. The van der Waals surface area contributed by atoms with Crippen molar-refractivity contribution in [3.05, 3.63) is 58.7 Å². The van der Waals surface area contributed by atoms with Crippen LogP contribution < -0.4 is 9.62 Å². The quantitative estimate of drug-likeness (QED) is 0.864. The van der Waals surface area contributed by atoms with Gasteiger partial charge in [-0.15, -0.1) is 0 Å². The molecule has 0 radical (unpaired) electrons. The monoisotopic (exact) mass is 372 g/mol. The van der Waals surface area contributed by atoms with Crippen LogP contribution in [-0.2, 0) is 22.9 Å². The average Bonchev–Trinajstić information content (AvgIpc) is 3.19. The smallest absolute Gasteiger partial charge is 0.251 e. The summed E-state index contributed by atoms with van der Waals surface area (Å²) in [7, 11) is -3.30. The van der Waals surface area contributed by atoms with Crippen molar-refractivity contribution in [2.45, 2.75) is 25.3 Å². The summed E-state index contributed by atoms with van der Waals surface area (Å²) < 4.78 is 25.0. The third-order valence-corrected chi connectivity index (χ3v) is 6.33. The van der Waals surface area contributed by atoms with Crippen molar-refractivity contribution in [1.29, 1.82) is 0 Å². The third kappa shape index (κ3) is 2.82. The predicted octanol–water partition coefficient (Wildman–Crippen LogP) is 2.13. The van der Waals surface area contributed by atoms with Gasteiger partial charge in [-0.3, -0.25) is 9.10 Å². The van der Waals surface area contributed by atoms with E-state index in [1.54, 1.807) is 30.3 Å². The molecule has 0 aromatic heterocycles. The van der Waals surface area contributed by atoms with Crippen molar-refractivity contribution < 1.29 is 18.3 Å². The fourth-order valence-electron chi connectivity index (χ4n) is 3.88. The summed E-state index contributed by atoms with van der Waals surface area (Å²) in [6.45, 7) is 0.411. The number of phenolic OH excluding ortho intramolecular Hbond substituents is 1. The Hall–Kier alpha value is -2.54. The molecule has 6 nitrogen and oxygen atoms in total. The van der Waals surface area contributed by atoms with E-state index in [-0.39, 0.29) is 17.7 Å². The lowest BCUT2D eigenvalue weighted by molar-refractivity contribution is 0.0936. The largest absolute Gasteiger partial charge is 0.508 e. The van der Waals surface area contributed by atoms with Gasteiger partial charge in [0.2, 0.25) is 10.0 Å². The van der Waals surface area contributed by atoms with Gasteiger partial charge in [-0.1, -0.05) is 12.1 Å². The predicted molar refractivity (Wildman–Crippen MR) is 99.0 cm³/mol. The fraction of sp³-hybridized carbons (Fsp3) is 0.316. The average molecular weight is 372 g/mol. The second kappa shape index (κ2) is 6.02. The second-order valence-electron chi connectivity index (χ2n) is 6.84.